The summed E-state index contributed by atoms with van der Waals surface area (Å²) in [5.41, 5.74) is 0. The molecule has 1 atom stereocenters. The fraction of sp³-hybridized carbons (Fsp3) is 0.364. The van der Waals surface area contributed by atoms with E-state index in [1.54, 1.807) is 6.07 Å². The van der Waals surface area contributed by atoms with Crippen LogP contribution >= 0.6 is 0 Å². The molecule has 0 bridgehead atoms. The van der Waals surface area contributed by atoms with Gasteiger partial charge in [-0.2, -0.15) is 0 Å². The van der Waals surface area contributed by atoms with Gasteiger partial charge in [0.1, 0.15) is 0 Å². The van der Waals surface area contributed by atoms with E-state index in [0.717, 1.165) is 12.8 Å². The SMILES string of the molecule is C#CC(CCC)Nc1ncccc1F. The van der Waals surface area contributed by atoms with E-state index in [0.29, 0.717) is 0 Å². The first-order valence-corrected chi connectivity index (χ1v) is 4.61. The summed E-state index contributed by atoms with van der Waals surface area (Å²) in [5, 5.41) is 2.88. The molecule has 0 radical (unpaired) electrons. The highest BCUT2D eigenvalue weighted by molar-refractivity contribution is 5.38. The zero-order valence-corrected chi connectivity index (χ0v) is 8.13. The van der Waals surface area contributed by atoms with E-state index in [4.69, 9.17) is 6.42 Å². The van der Waals surface area contributed by atoms with Crippen LogP contribution in [0.1, 0.15) is 19.8 Å². The lowest BCUT2D eigenvalue weighted by Gasteiger charge is -2.12. The predicted octanol–water partition coefficient (Wildman–Crippen LogP) is 2.43. The maximum Gasteiger partial charge on any atom is 0.165 e. The molecule has 0 aliphatic carbocycles. The maximum absolute atomic E-state index is 13.1. The first kappa shape index (κ1) is 10.5. The van der Waals surface area contributed by atoms with Crippen molar-refractivity contribution in [3.8, 4) is 12.3 Å². The third-order valence-electron chi connectivity index (χ3n) is 1.85. The molecule has 0 aromatic carbocycles. The molecule has 3 heteroatoms. The standard InChI is InChI=1S/C11H13FN2/c1-3-6-9(4-2)14-11-10(12)7-5-8-13-11/h2,5,7-9H,3,6H2,1H3,(H,13,14). The number of anilines is 1. The van der Waals surface area contributed by atoms with Crippen LogP contribution in [0.4, 0.5) is 10.2 Å². The van der Waals surface area contributed by atoms with Gasteiger partial charge in [-0.1, -0.05) is 19.3 Å². The minimum atomic E-state index is -0.371. The lowest BCUT2D eigenvalue weighted by atomic mass is 10.2. The third-order valence-corrected chi connectivity index (χ3v) is 1.85. The largest absolute Gasteiger partial charge is 0.354 e. The highest BCUT2D eigenvalue weighted by atomic mass is 19.1. The van der Waals surface area contributed by atoms with Crippen molar-refractivity contribution < 1.29 is 4.39 Å². The fourth-order valence-electron chi connectivity index (χ4n) is 1.14. The van der Waals surface area contributed by atoms with Crippen LogP contribution in [0.15, 0.2) is 18.3 Å². The van der Waals surface area contributed by atoms with E-state index in [2.05, 4.69) is 16.2 Å². The summed E-state index contributed by atoms with van der Waals surface area (Å²) in [6.07, 6.45) is 8.59. The molecule has 0 saturated heterocycles. The van der Waals surface area contributed by atoms with Gasteiger partial charge in [-0.05, 0) is 18.6 Å². The molecule has 0 fully saturated rings. The Morgan fingerprint density at radius 1 is 1.71 bits per heavy atom. The maximum atomic E-state index is 13.1. The Morgan fingerprint density at radius 3 is 3.07 bits per heavy atom. The van der Waals surface area contributed by atoms with Crippen LogP contribution < -0.4 is 5.32 Å². The Morgan fingerprint density at radius 2 is 2.50 bits per heavy atom. The van der Waals surface area contributed by atoms with Crippen LogP contribution in [0.3, 0.4) is 0 Å². The van der Waals surface area contributed by atoms with Gasteiger partial charge in [0, 0.05) is 6.20 Å². The highest BCUT2D eigenvalue weighted by Crippen LogP contribution is 2.11. The van der Waals surface area contributed by atoms with Gasteiger partial charge in [0.05, 0.1) is 6.04 Å². The Kier molecular flexibility index (Phi) is 3.93. The monoisotopic (exact) mass is 192 g/mol. The predicted molar refractivity (Wildman–Crippen MR) is 55.3 cm³/mol. The minimum Gasteiger partial charge on any atom is -0.354 e. The van der Waals surface area contributed by atoms with Crippen molar-refractivity contribution >= 4 is 5.82 Å². The molecule has 0 spiro atoms. The quantitative estimate of drug-likeness (QED) is 0.741. The molecule has 1 aromatic rings. The number of aromatic nitrogens is 1. The summed E-state index contributed by atoms with van der Waals surface area (Å²) in [5.74, 6) is 2.42. The van der Waals surface area contributed by atoms with Crippen molar-refractivity contribution in [1.29, 1.82) is 0 Å². The molecule has 1 aromatic heterocycles. The number of hydrogen-bond acceptors (Lipinski definition) is 2. The summed E-state index contributed by atoms with van der Waals surface area (Å²) < 4.78 is 13.1. The highest BCUT2D eigenvalue weighted by Gasteiger charge is 2.07. The van der Waals surface area contributed by atoms with Crippen LogP contribution in [-0.2, 0) is 0 Å². The van der Waals surface area contributed by atoms with Crippen LogP contribution in [0, 0.1) is 18.2 Å². The van der Waals surface area contributed by atoms with Gasteiger partial charge >= 0.3 is 0 Å². The lowest BCUT2D eigenvalue weighted by molar-refractivity contribution is 0.620. The first-order valence-electron chi connectivity index (χ1n) is 4.61. The second kappa shape index (κ2) is 5.23. The van der Waals surface area contributed by atoms with E-state index in [-0.39, 0.29) is 17.7 Å². The van der Waals surface area contributed by atoms with Crippen molar-refractivity contribution in [3.63, 3.8) is 0 Å². The summed E-state index contributed by atoms with van der Waals surface area (Å²) >= 11 is 0. The molecule has 74 valence electrons. The molecular weight excluding hydrogens is 179 g/mol. The van der Waals surface area contributed by atoms with E-state index < -0.39 is 0 Å². The molecule has 0 aliphatic rings. The molecule has 14 heavy (non-hydrogen) atoms. The van der Waals surface area contributed by atoms with Crippen molar-refractivity contribution in [3.05, 3.63) is 24.1 Å². The Labute approximate surface area is 83.6 Å². The van der Waals surface area contributed by atoms with E-state index in [1.807, 2.05) is 6.92 Å². The Balaban J connectivity index is 2.68. The zero-order valence-electron chi connectivity index (χ0n) is 8.13. The zero-order chi connectivity index (χ0) is 10.4. The second-order valence-corrected chi connectivity index (χ2v) is 2.99. The van der Waals surface area contributed by atoms with E-state index in [1.165, 1.54) is 12.3 Å². The summed E-state index contributed by atoms with van der Waals surface area (Å²) in [6, 6.07) is 2.75. The summed E-state index contributed by atoms with van der Waals surface area (Å²) in [6.45, 7) is 2.03. The van der Waals surface area contributed by atoms with Gasteiger partial charge in [-0.15, -0.1) is 6.42 Å². The molecular formula is C11H13FN2. The van der Waals surface area contributed by atoms with Crippen LogP contribution in [0.25, 0.3) is 0 Å². The molecule has 0 amide bonds. The van der Waals surface area contributed by atoms with Gasteiger partial charge < -0.3 is 5.32 Å². The molecule has 1 heterocycles. The molecule has 0 aliphatic heterocycles. The second-order valence-electron chi connectivity index (χ2n) is 2.99. The first-order chi connectivity index (χ1) is 6.77. The average Bonchev–Trinajstić information content (AvgIpc) is 2.20. The van der Waals surface area contributed by atoms with Crippen molar-refractivity contribution in [2.75, 3.05) is 5.32 Å². The summed E-state index contributed by atoms with van der Waals surface area (Å²) in [4.78, 5) is 3.87. The van der Waals surface area contributed by atoms with Gasteiger partial charge in [0.2, 0.25) is 0 Å². The van der Waals surface area contributed by atoms with Gasteiger partial charge in [-0.25, -0.2) is 9.37 Å². The Hall–Kier alpha value is -1.56. The number of hydrogen-bond donors (Lipinski definition) is 1. The van der Waals surface area contributed by atoms with Crippen molar-refractivity contribution in [2.45, 2.75) is 25.8 Å². The lowest BCUT2D eigenvalue weighted by Crippen LogP contribution is -2.18. The molecule has 1 N–H and O–H groups in total. The molecule has 1 rings (SSSR count). The van der Waals surface area contributed by atoms with Crippen molar-refractivity contribution in [2.24, 2.45) is 0 Å². The average molecular weight is 192 g/mol. The van der Waals surface area contributed by atoms with Crippen LogP contribution in [0.5, 0.6) is 0 Å². The normalized spacial score (nSPS) is 11.8. The smallest absolute Gasteiger partial charge is 0.165 e. The molecule has 0 saturated carbocycles. The van der Waals surface area contributed by atoms with Gasteiger partial charge in [0.15, 0.2) is 11.6 Å². The topological polar surface area (TPSA) is 24.9 Å². The molecule has 2 nitrogen and oxygen atoms in total. The minimum absolute atomic E-state index is 0.149. The number of terminal acetylenes is 1. The van der Waals surface area contributed by atoms with Gasteiger partial charge in [-0.3, -0.25) is 0 Å². The van der Waals surface area contributed by atoms with E-state index >= 15 is 0 Å². The number of nitrogens with one attached hydrogen (secondary N) is 1. The number of rotatable bonds is 4. The molecule has 1 unspecified atom stereocenters. The number of nitrogens with zero attached hydrogens (tertiary/aromatic N) is 1. The number of pyridine rings is 1. The Bertz CT molecular complexity index is 330. The van der Waals surface area contributed by atoms with Gasteiger partial charge in [0.25, 0.3) is 0 Å². The third kappa shape index (κ3) is 2.74. The fourth-order valence-corrected chi connectivity index (χ4v) is 1.14. The van der Waals surface area contributed by atoms with Crippen molar-refractivity contribution in [1.82, 2.24) is 4.98 Å². The number of halogens is 1. The summed E-state index contributed by atoms with van der Waals surface area (Å²) in [7, 11) is 0. The van der Waals surface area contributed by atoms with Crippen LogP contribution in [-0.4, -0.2) is 11.0 Å². The van der Waals surface area contributed by atoms with E-state index in [9.17, 15) is 4.39 Å². The van der Waals surface area contributed by atoms with Crippen LogP contribution in [0.2, 0.25) is 0 Å².